The molecule has 6 nitrogen and oxygen atoms in total. The first kappa shape index (κ1) is 26.1. The molecule has 0 aliphatic heterocycles. The van der Waals surface area contributed by atoms with Crippen LogP contribution >= 0.6 is 46.6 Å². The molecule has 0 fully saturated rings. The molecule has 36 heavy (non-hydrogen) atoms. The van der Waals surface area contributed by atoms with Crippen LogP contribution in [0.2, 0.25) is 15.1 Å². The molecule has 4 rings (SSSR count). The molecular formula is C26H20Cl3N3O3S. The van der Waals surface area contributed by atoms with Crippen LogP contribution in [0.3, 0.4) is 0 Å². The second-order valence-electron chi connectivity index (χ2n) is 7.57. The lowest BCUT2D eigenvalue weighted by Gasteiger charge is -2.10. The number of aliphatic carboxylic acids is 1. The van der Waals surface area contributed by atoms with Gasteiger partial charge in [0.15, 0.2) is 11.0 Å². The Labute approximate surface area is 227 Å². The smallest absolute Gasteiger partial charge is 0.342 e. The van der Waals surface area contributed by atoms with E-state index >= 15 is 0 Å². The number of rotatable bonds is 9. The van der Waals surface area contributed by atoms with Crippen LogP contribution in [0.4, 0.5) is 0 Å². The lowest BCUT2D eigenvalue weighted by Crippen LogP contribution is -2.03. The van der Waals surface area contributed by atoms with Gasteiger partial charge in [-0.15, -0.1) is 10.2 Å². The Morgan fingerprint density at radius 3 is 2.47 bits per heavy atom. The molecule has 4 aromatic rings. The molecule has 0 aliphatic rings. The molecule has 0 radical (unpaired) electrons. The minimum absolute atomic E-state index is 0.0950. The number of hydrogen-bond donors (Lipinski definition) is 1. The number of thioether (sulfide) groups is 1. The molecule has 0 amide bonds. The number of carboxylic acid groups (broad SMARTS) is 1. The molecule has 1 heterocycles. The van der Waals surface area contributed by atoms with Gasteiger partial charge in [-0.3, -0.25) is 0 Å². The Kier molecular flexibility index (Phi) is 8.59. The zero-order valence-corrected chi connectivity index (χ0v) is 22.1. The Balaban J connectivity index is 1.55. The van der Waals surface area contributed by atoms with E-state index in [0.717, 1.165) is 22.9 Å². The van der Waals surface area contributed by atoms with Gasteiger partial charge in [0, 0.05) is 32.7 Å². The van der Waals surface area contributed by atoms with Crippen molar-refractivity contribution in [2.45, 2.75) is 25.2 Å². The number of aromatic nitrogens is 3. The SMILES string of the molecule is CCn1c(S/C(=C\c2cccc(OCc3ccc(Cl)cc3Cl)c2)C(=O)O)nnc1-c1ccc(Cl)cc1. The average molecular weight is 561 g/mol. The van der Waals surface area contributed by atoms with Gasteiger partial charge in [-0.1, -0.05) is 53.0 Å². The summed E-state index contributed by atoms with van der Waals surface area (Å²) in [6, 6.07) is 19.6. The van der Waals surface area contributed by atoms with Crippen LogP contribution in [-0.2, 0) is 17.9 Å². The first-order valence-corrected chi connectivity index (χ1v) is 12.8. The topological polar surface area (TPSA) is 77.2 Å². The minimum Gasteiger partial charge on any atom is -0.489 e. The lowest BCUT2D eigenvalue weighted by atomic mass is 10.2. The van der Waals surface area contributed by atoms with Crippen LogP contribution in [0.1, 0.15) is 18.1 Å². The highest BCUT2D eigenvalue weighted by atomic mass is 35.5. The summed E-state index contributed by atoms with van der Waals surface area (Å²) in [6.07, 6.45) is 1.58. The minimum atomic E-state index is -1.07. The summed E-state index contributed by atoms with van der Waals surface area (Å²) in [4.78, 5) is 12.2. The summed E-state index contributed by atoms with van der Waals surface area (Å²) in [5.41, 5.74) is 2.30. The van der Waals surface area contributed by atoms with E-state index in [-0.39, 0.29) is 11.5 Å². The fourth-order valence-corrected chi connectivity index (χ4v) is 4.82. The van der Waals surface area contributed by atoms with Gasteiger partial charge in [0.05, 0.1) is 0 Å². The Morgan fingerprint density at radius 1 is 1.03 bits per heavy atom. The molecule has 10 heteroatoms. The van der Waals surface area contributed by atoms with Crippen molar-refractivity contribution in [3.8, 4) is 17.1 Å². The van der Waals surface area contributed by atoms with E-state index in [4.69, 9.17) is 39.5 Å². The van der Waals surface area contributed by atoms with Crippen molar-refractivity contribution in [1.29, 1.82) is 0 Å². The number of nitrogens with zero attached hydrogens (tertiary/aromatic N) is 3. The second-order valence-corrected chi connectivity index (χ2v) is 9.86. The molecule has 1 aromatic heterocycles. The monoisotopic (exact) mass is 559 g/mol. The predicted molar refractivity (Wildman–Crippen MR) is 145 cm³/mol. The summed E-state index contributed by atoms with van der Waals surface area (Å²) in [5, 5.41) is 20.5. The molecule has 0 bridgehead atoms. The number of hydrogen-bond acceptors (Lipinski definition) is 5. The van der Waals surface area contributed by atoms with Crippen LogP contribution in [0, 0.1) is 0 Å². The van der Waals surface area contributed by atoms with Gasteiger partial charge in [-0.2, -0.15) is 0 Å². The summed E-state index contributed by atoms with van der Waals surface area (Å²) >= 11 is 19.2. The van der Waals surface area contributed by atoms with E-state index in [0.29, 0.717) is 43.9 Å². The van der Waals surface area contributed by atoms with Gasteiger partial charge in [0.2, 0.25) is 0 Å². The van der Waals surface area contributed by atoms with Gasteiger partial charge in [0.1, 0.15) is 17.3 Å². The molecule has 0 saturated heterocycles. The maximum absolute atomic E-state index is 12.1. The van der Waals surface area contributed by atoms with E-state index < -0.39 is 5.97 Å². The zero-order valence-electron chi connectivity index (χ0n) is 19.0. The van der Waals surface area contributed by atoms with Crippen LogP contribution < -0.4 is 4.74 Å². The summed E-state index contributed by atoms with van der Waals surface area (Å²) in [6.45, 7) is 2.76. The van der Waals surface area contributed by atoms with Crippen molar-refractivity contribution in [3.05, 3.63) is 97.8 Å². The standard InChI is InChI=1S/C26H20Cl3N3O3S/c1-2-32-24(17-6-9-19(27)10-7-17)30-31-26(32)36-23(25(33)34)13-16-4-3-5-21(12-16)35-15-18-8-11-20(28)14-22(18)29/h3-14H,2,15H2,1H3,(H,33,34)/b23-13-. The van der Waals surface area contributed by atoms with Gasteiger partial charge >= 0.3 is 5.97 Å². The van der Waals surface area contributed by atoms with Crippen LogP contribution in [0.5, 0.6) is 5.75 Å². The fraction of sp³-hybridized carbons (Fsp3) is 0.115. The molecule has 0 unspecified atom stereocenters. The number of benzene rings is 3. The highest BCUT2D eigenvalue weighted by molar-refractivity contribution is 8.04. The third-order valence-corrected chi connectivity index (χ3v) is 6.95. The van der Waals surface area contributed by atoms with Crippen molar-refractivity contribution in [2.75, 3.05) is 0 Å². The highest BCUT2D eigenvalue weighted by Gasteiger charge is 2.18. The third kappa shape index (κ3) is 6.42. The van der Waals surface area contributed by atoms with Gasteiger partial charge in [0.25, 0.3) is 0 Å². The van der Waals surface area contributed by atoms with E-state index in [1.807, 2.05) is 23.6 Å². The molecule has 0 saturated carbocycles. The first-order valence-electron chi connectivity index (χ1n) is 10.8. The van der Waals surface area contributed by atoms with Crippen LogP contribution in [0.15, 0.2) is 76.8 Å². The quantitative estimate of drug-likeness (QED) is 0.167. The van der Waals surface area contributed by atoms with Crippen LogP contribution in [0.25, 0.3) is 17.5 Å². The van der Waals surface area contributed by atoms with Gasteiger partial charge in [-0.25, -0.2) is 4.79 Å². The van der Waals surface area contributed by atoms with Crippen molar-refractivity contribution in [2.24, 2.45) is 0 Å². The molecular weight excluding hydrogens is 541 g/mol. The Hall–Kier alpha value is -2.97. The van der Waals surface area contributed by atoms with Gasteiger partial charge in [-0.05, 0) is 78.9 Å². The summed E-state index contributed by atoms with van der Waals surface area (Å²) in [5.74, 6) is 0.141. The predicted octanol–water partition coefficient (Wildman–Crippen LogP) is 7.72. The Bertz CT molecular complexity index is 1420. The van der Waals surface area contributed by atoms with E-state index in [9.17, 15) is 9.90 Å². The molecule has 0 aliphatic carbocycles. The summed E-state index contributed by atoms with van der Waals surface area (Å²) in [7, 11) is 0. The number of halogens is 3. The average Bonchev–Trinajstić information content (AvgIpc) is 3.26. The van der Waals surface area contributed by atoms with Crippen LogP contribution in [-0.4, -0.2) is 25.8 Å². The van der Waals surface area contributed by atoms with Gasteiger partial charge < -0.3 is 14.4 Å². The molecule has 0 atom stereocenters. The largest absolute Gasteiger partial charge is 0.489 e. The Morgan fingerprint density at radius 2 is 1.78 bits per heavy atom. The van der Waals surface area contributed by atoms with Crippen molar-refractivity contribution >= 4 is 58.6 Å². The fourth-order valence-electron chi connectivity index (χ4n) is 3.34. The second kappa shape index (κ2) is 11.8. The molecule has 1 N–H and O–H groups in total. The maximum atomic E-state index is 12.1. The third-order valence-electron chi connectivity index (χ3n) is 5.11. The lowest BCUT2D eigenvalue weighted by molar-refractivity contribution is -0.131. The van der Waals surface area contributed by atoms with Crippen molar-refractivity contribution in [1.82, 2.24) is 14.8 Å². The normalized spacial score (nSPS) is 11.5. The van der Waals surface area contributed by atoms with Crippen molar-refractivity contribution in [3.63, 3.8) is 0 Å². The summed E-state index contributed by atoms with van der Waals surface area (Å²) < 4.78 is 7.73. The van der Waals surface area contributed by atoms with Crippen molar-refractivity contribution < 1.29 is 14.6 Å². The molecule has 0 spiro atoms. The molecule has 184 valence electrons. The highest BCUT2D eigenvalue weighted by Crippen LogP contribution is 2.31. The number of carboxylic acids is 1. The number of ether oxygens (including phenoxy) is 1. The maximum Gasteiger partial charge on any atom is 0.342 e. The first-order chi connectivity index (χ1) is 17.3. The molecule has 3 aromatic carbocycles. The van der Waals surface area contributed by atoms with E-state index in [2.05, 4.69) is 10.2 Å². The zero-order chi connectivity index (χ0) is 25.7. The number of carbonyl (C=O) groups is 1. The van der Waals surface area contributed by atoms with E-state index in [1.54, 1.807) is 60.7 Å². The van der Waals surface area contributed by atoms with E-state index in [1.165, 1.54) is 0 Å².